The van der Waals surface area contributed by atoms with Crippen LogP contribution in [0.25, 0.3) is 0 Å². The number of nitrogens with zero attached hydrogens (tertiary/aromatic N) is 2. The molecule has 0 saturated heterocycles. The van der Waals surface area contributed by atoms with Crippen LogP contribution in [0.15, 0.2) is 41.3 Å². The predicted molar refractivity (Wildman–Crippen MR) is 112 cm³/mol. The van der Waals surface area contributed by atoms with E-state index in [-0.39, 0.29) is 16.5 Å². The van der Waals surface area contributed by atoms with Crippen LogP contribution in [0.1, 0.15) is 30.9 Å². The van der Waals surface area contributed by atoms with Crippen LogP contribution in [0.2, 0.25) is 5.02 Å². The van der Waals surface area contributed by atoms with E-state index >= 15 is 0 Å². The van der Waals surface area contributed by atoms with Crippen molar-refractivity contribution in [3.8, 4) is 5.75 Å². The maximum atomic E-state index is 13.8. The first-order valence-electron chi connectivity index (χ1n) is 9.14. The number of hydrogen-bond donors (Lipinski definition) is 1. The highest BCUT2D eigenvalue weighted by Crippen LogP contribution is 2.49. The van der Waals surface area contributed by atoms with Crippen molar-refractivity contribution in [1.82, 2.24) is 9.47 Å². The molecule has 0 saturated carbocycles. The lowest BCUT2D eigenvalue weighted by molar-refractivity contribution is -0.274. The van der Waals surface area contributed by atoms with E-state index in [4.69, 9.17) is 16.3 Å². The zero-order valence-corrected chi connectivity index (χ0v) is 18.9. The minimum atomic E-state index is -4.99. The Morgan fingerprint density at radius 3 is 2.16 bits per heavy atom. The Hall–Kier alpha value is -2.52. The molecule has 2 unspecified atom stereocenters. The molecule has 0 bridgehead atoms. The zero-order chi connectivity index (χ0) is 24.1. The minimum absolute atomic E-state index is 0.0411. The fourth-order valence-corrected chi connectivity index (χ4v) is 3.02. The van der Waals surface area contributed by atoms with Gasteiger partial charge in [-0.3, -0.25) is 9.59 Å². The van der Waals surface area contributed by atoms with Gasteiger partial charge in [-0.15, -0.1) is 0 Å². The molecule has 1 heterocycles. The summed E-state index contributed by atoms with van der Waals surface area (Å²) in [5, 5.41) is 10.7. The molecule has 0 aliphatic carbocycles. The summed E-state index contributed by atoms with van der Waals surface area (Å²) in [5.74, 6) is -0.947. The van der Waals surface area contributed by atoms with E-state index in [1.807, 2.05) is 0 Å². The summed E-state index contributed by atoms with van der Waals surface area (Å²) in [4.78, 5) is 23.1. The Bertz CT molecular complexity index is 976. The Morgan fingerprint density at radius 1 is 1.23 bits per heavy atom. The van der Waals surface area contributed by atoms with Gasteiger partial charge in [0.2, 0.25) is 11.5 Å². The molecule has 0 spiro atoms. The van der Waals surface area contributed by atoms with Gasteiger partial charge >= 0.3 is 6.18 Å². The van der Waals surface area contributed by atoms with E-state index in [1.54, 1.807) is 14.1 Å². The van der Waals surface area contributed by atoms with Crippen molar-refractivity contribution in [3.05, 3.63) is 63.0 Å². The Labute approximate surface area is 183 Å². The molecule has 0 aliphatic heterocycles. The molecule has 0 aliphatic rings. The van der Waals surface area contributed by atoms with Gasteiger partial charge in [0.25, 0.3) is 0 Å². The number of aromatic nitrogens is 1. The average molecular weight is 463 g/mol. The molecule has 2 rings (SSSR count). The number of rotatable bonds is 4. The van der Waals surface area contributed by atoms with Crippen LogP contribution in [-0.4, -0.2) is 47.9 Å². The highest BCUT2D eigenvalue weighted by atomic mass is 35.5. The van der Waals surface area contributed by atoms with Gasteiger partial charge in [-0.05, 0) is 23.8 Å². The molecule has 1 aromatic carbocycles. The van der Waals surface area contributed by atoms with Gasteiger partial charge < -0.3 is 19.3 Å². The SMILES string of the molecule is CC(=O)N(C)C.COc1ccc(C(C)C(O)(c2ccc(=O)n(C)c2)C(F)(F)F)c(Cl)c1. The third-order valence-corrected chi connectivity index (χ3v) is 5.22. The fraction of sp³-hybridized carbons (Fsp3) is 0.429. The second kappa shape index (κ2) is 10.2. The van der Waals surface area contributed by atoms with Crippen LogP contribution in [0.3, 0.4) is 0 Å². The topological polar surface area (TPSA) is 71.8 Å². The van der Waals surface area contributed by atoms with Crippen molar-refractivity contribution in [1.29, 1.82) is 0 Å². The number of carbonyl (C=O) groups is 1. The number of carbonyl (C=O) groups excluding carboxylic acids is 1. The molecule has 6 nitrogen and oxygen atoms in total. The van der Waals surface area contributed by atoms with Crippen molar-refractivity contribution >= 4 is 17.5 Å². The van der Waals surface area contributed by atoms with Crippen molar-refractivity contribution in [3.63, 3.8) is 0 Å². The Kier molecular flexibility index (Phi) is 8.72. The van der Waals surface area contributed by atoms with Crippen LogP contribution in [0, 0.1) is 0 Å². The summed E-state index contributed by atoms with van der Waals surface area (Å²) in [5.41, 5.74) is -4.04. The molecule has 2 atom stereocenters. The van der Waals surface area contributed by atoms with Gasteiger partial charge in [-0.1, -0.05) is 24.6 Å². The maximum Gasteiger partial charge on any atom is 0.422 e. The van der Waals surface area contributed by atoms with E-state index in [1.165, 1.54) is 51.1 Å². The van der Waals surface area contributed by atoms with E-state index in [0.717, 1.165) is 22.9 Å². The van der Waals surface area contributed by atoms with E-state index in [0.29, 0.717) is 5.75 Å². The van der Waals surface area contributed by atoms with Crippen molar-refractivity contribution in [2.24, 2.45) is 7.05 Å². The second-order valence-corrected chi connectivity index (χ2v) is 7.56. The van der Waals surface area contributed by atoms with Crippen LogP contribution < -0.4 is 10.3 Å². The molecular formula is C21H26ClF3N2O4. The summed E-state index contributed by atoms with van der Waals surface area (Å²) in [7, 11) is 6.17. The number of ether oxygens (including phenoxy) is 1. The fourth-order valence-electron chi connectivity index (χ4n) is 2.69. The van der Waals surface area contributed by atoms with Gasteiger partial charge in [0.05, 0.1) is 7.11 Å². The lowest BCUT2D eigenvalue weighted by atomic mass is 9.78. The number of aliphatic hydroxyl groups is 1. The summed E-state index contributed by atoms with van der Waals surface area (Å²) in [6, 6.07) is 6.18. The van der Waals surface area contributed by atoms with Crippen molar-refractivity contribution in [2.75, 3.05) is 21.2 Å². The quantitative estimate of drug-likeness (QED) is 0.752. The normalized spacial score (nSPS) is 14.0. The molecule has 10 heteroatoms. The summed E-state index contributed by atoms with van der Waals surface area (Å²) >= 11 is 6.09. The number of methoxy groups -OCH3 is 1. The molecule has 172 valence electrons. The molecule has 0 radical (unpaired) electrons. The average Bonchev–Trinajstić information content (AvgIpc) is 2.68. The van der Waals surface area contributed by atoms with Gasteiger partial charge in [-0.2, -0.15) is 13.2 Å². The van der Waals surface area contributed by atoms with Crippen LogP contribution in [-0.2, 0) is 17.4 Å². The monoisotopic (exact) mass is 462 g/mol. The molecule has 1 N–H and O–H groups in total. The first kappa shape index (κ1) is 26.5. The number of benzene rings is 1. The second-order valence-electron chi connectivity index (χ2n) is 7.15. The van der Waals surface area contributed by atoms with Crippen LogP contribution in [0.4, 0.5) is 13.2 Å². The largest absolute Gasteiger partial charge is 0.497 e. The zero-order valence-electron chi connectivity index (χ0n) is 18.1. The number of hydrogen-bond acceptors (Lipinski definition) is 4. The number of amides is 1. The first-order chi connectivity index (χ1) is 14.2. The molecule has 0 fully saturated rings. The molecule has 2 aromatic rings. The molecule has 31 heavy (non-hydrogen) atoms. The Morgan fingerprint density at radius 2 is 1.77 bits per heavy atom. The summed E-state index contributed by atoms with van der Waals surface area (Å²) in [6.45, 7) is 2.76. The maximum absolute atomic E-state index is 13.8. The first-order valence-corrected chi connectivity index (χ1v) is 9.52. The highest BCUT2D eigenvalue weighted by Gasteiger charge is 2.59. The minimum Gasteiger partial charge on any atom is -0.497 e. The highest BCUT2D eigenvalue weighted by molar-refractivity contribution is 6.31. The van der Waals surface area contributed by atoms with Crippen molar-refractivity contribution < 1.29 is 27.8 Å². The summed E-state index contributed by atoms with van der Waals surface area (Å²) in [6.07, 6.45) is -4.02. The van der Waals surface area contributed by atoms with Crippen LogP contribution in [0.5, 0.6) is 5.75 Å². The predicted octanol–water partition coefficient (Wildman–Crippen LogP) is 3.70. The standard InChI is InChI=1S/C17H17ClF3NO3.C4H9NO/c1-10(13-6-5-12(25-3)8-14(13)18)16(24,17(19,20)21)11-4-7-15(23)22(2)9-11;1-4(6)5(2)3/h4-10,24H,1-3H3;1-3H3. The van der Waals surface area contributed by atoms with E-state index in [9.17, 15) is 27.9 Å². The summed E-state index contributed by atoms with van der Waals surface area (Å²) < 4.78 is 47.5. The lowest BCUT2D eigenvalue weighted by Crippen LogP contribution is -2.47. The van der Waals surface area contributed by atoms with Gasteiger partial charge in [0, 0.05) is 56.8 Å². The number of aryl methyl sites for hydroxylation is 1. The van der Waals surface area contributed by atoms with Gasteiger partial charge in [0.15, 0.2) is 5.60 Å². The third-order valence-electron chi connectivity index (χ3n) is 4.89. The van der Waals surface area contributed by atoms with E-state index < -0.39 is 28.8 Å². The van der Waals surface area contributed by atoms with E-state index in [2.05, 4.69) is 0 Å². The van der Waals surface area contributed by atoms with Gasteiger partial charge in [-0.25, -0.2) is 0 Å². The Balaban J connectivity index is 0.000000703. The third kappa shape index (κ3) is 6.01. The molecule has 1 amide bonds. The number of pyridine rings is 1. The van der Waals surface area contributed by atoms with Crippen molar-refractivity contribution in [2.45, 2.75) is 31.5 Å². The number of alkyl halides is 3. The smallest absolute Gasteiger partial charge is 0.422 e. The van der Waals surface area contributed by atoms with Crippen LogP contribution >= 0.6 is 11.6 Å². The molecular weight excluding hydrogens is 437 g/mol. The van der Waals surface area contributed by atoms with Gasteiger partial charge in [0.1, 0.15) is 5.75 Å². The number of halogens is 4. The molecule has 1 aromatic heterocycles. The lowest BCUT2D eigenvalue weighted by Gasteiger charge is -2.37.